The molecule has 0 bridgehead atoms. The average Bonchev–Trinajstić information content (AvgIpc) is 3.16. The van der Waals surface area contributed by atoms with Gasteiger partial charge < -0.3 is 15.0 Å². The molecule has 1 atom stereocenters. The number of hydrogen-bond acceptors (Lipinski definition) is 4. The molecule has 0 radical (unpaired) electrons. The molecule has 1 saturated heterocycles. The highest BCUT2D eigenvalue weighted by molar-refractivity contribution is 6.04. The summed E-state index contributed by atoms with van der Waals surface area (Å²) in [6, 6.07) is 14.1. The predicted molar refractivity (Wildman–Crippen MR) is 96.2 cm³/mol. The minimum atomic E-state index is -0.00210. The molecule has 0 spiro atoms. The number of rotatable bonds is 3. The second-order valence-corrected chi connectivity index (χ2v) is 6.52. The highest BCUT2D eigenvalue weighted by Gasteiger charge is 2.27. The van der Waals surface area contributed by atoms with E-state index in [4.69, 9.17) is 4.74 Å². The minimum Gasteiger partial charge on any atom is -0.497 e. The maximum atomic E-state index is 12.7. The number of anilines is 2. The lowest BCUT2D eigenvalue weighted by molar-refractivity contribution is 0.0972. The van der Waals surface area contributed by atoms with Crippen molar-refractivity contribution in [3.05, 3.63) is 53.6 Å². The van der Waals surface area contributed by atoms with Crippen LogP contribution in [0.15, 0.2) is 42.5 Å². The van der Waals surface area contributed by atoms with Crippen molar-refractivity contribution in [3.63, 3.8) is 0 Å². The van der Waals surface area contributed by atoms with Crippen LogP contribution in [0.25, 0.3) is 0 Å². The summed E-state index contributed by atoms with van der Waals surface area (Å²) in [7, 11) is 1.66. The molecule has 24 heavy (non-hydrogen) atoms. The summed E-state index contributed by atoms with van der Waals surface area (Å²) in [6.07, 6.45) is 2.95. The van der Waals surface area contributed by atoms with E-state index in [1.54, 1.807) is 7.11 Å². The lowest BCUT2D eigenvalue weighted by Crippen LogP contribution is -2.24. The zero-order valence-electron chi connectivity index (χ0n) is 13.9. The average molecular weight is 322 g/mol. The van der Waals surface area contributed by atoms with E-state index in [0.29, 0.717) is 6.42 Å². The number of Topliss-reactive ketones (excluding diaryl/α,β-unsaturated/α-hetero) is 1. The molecule has 4 nitrogen and oxygen atoms in total. The van der Waals surface area contributed by atoms with E-state index in [2.05, 4.69) is 22.3 Å². The van der Waals surface area contributed by atoms with Crippen LogP contribution in [0.1, 0.15) is 41.2 Å². The first-order valence-corrected chi connectivity index (χ1v) is 8.57. The number of carbonyl (C=O) groups excluding carboxylic acids is 1. The monoisotopic (exact) mass is 322 g/mol. The van der Waals surface area contributed by atoms with Crippen molar-refractivity contribution in [1.29, 1.82) is 0 Å². The Morgan fingerprint density at radius 2 is 1.96 bits per heavy atom. The zero-order chi connectivity index (χ0) is 16.5. The smallest absolute Gasteiger partial charge is 0.167 e. The molecule has 2 aliphatic heterocycles. The van der Waals surface area contributed by atoms with E-state index in [1.165, 1.54) is 18.5 Å². The Bertz CT molecular complexity index is 766. The molecule has 0 aromatic heterocycles. The Hall–Kier alpha value is -2.49. The van der Waals surface area contributed by atoms with Gasteiger partial charge in [-0.1, -0.05) is 12.1 Å². The lowest BCUT2D eigenvalue weighted by atomic mass is 9.92. The van der Waals surface area contributed by atoms with Crippen molar-refractivity contribution in [2.24, 2.45) is 0 Å². The van der Waals surface area contributed by atoms with Crippen LogP contribution in [0, 0.1) is 0 Å². The number of methoxy groups -OCH3 is 1. The second kappa shape index (κ2) is 6.19. The van der Waals surface area contributed by atoms with E-state index in [-0.39, 0.29) is 11.8 Å². The van der Waals surface area contributed by atoms with Crippen LogP contribution in [0.3, 0.4) is 0 Å². The van der Waals surface area contributed by atoms with Gasteiger partial charge in [-0.05, 0) is 48.7 Å². The van der Waals surface area contributed by atoms with Gasteiger partial charge in [0, 0.05) is 36.4 Å². The molecule has 0 saturated carbocycles. The molecule has 2 heterocycles. The third-order valence-corrected chi connectivity index (χ3v) is 4.99. The van der Waals surface area contributed by atoms with Crippen LogP contribution in [0.2, 0.25) is 0 Å². The molecular weight excluding hydrogens is 300 g/mol. The molecule has 2 aromatic rings. The van der Waals surface area contributed by atoms with Gasteiger partial charge in [0.25, 0.3) is 0 Å². The molecular formula is C20H22N2O2. The summed E-state index contributed by atoms with van der Waals surface area (Å²) in [5.41, 5.74) is 4.00. The Morgan fingerprint density at radius 1 is 1.12 bits per heavy atom. The summed E-state index contributed by atoms with van der Waals surface area (Å²) in [5, 5.41) is 3.52. The molecule has 1 N–H and O–H groups in total. The number of ether oxygens (including phenoxy) is 1. The van der Waals surface area contributed by atoms with E-state index in [1.807, 2.05) is 30.3 Å². The number of nitrogens with zero attached hydrogens (tertiary/aromatic N) is 1. The molecule has 0 unspecified atom stereocenters. The summed E-state index contributed by atoms with van der Waals surface area (Å²) in [4.78, 5) is 15.1. The number of hydrogen-bond donors (Lipinski definition) is 1. The molecule has 1 fully saturated rings. The van der Waals surface area contributed by atoms with Crippen molar-refractivity contribution in [1.82, 2.24) is 0 Å². The second-order valence-electron chi connectivity index (χ2n) is 6.52. The summed E-state index contributed by atoms with van der Waals surface area (Å²) in [5.74, 6) is 1.02. The van der Waals surface area contributed by atoms with Crippen molar-refractivity contribution < 1.29 is 9.53 Å². The predicted octanol–water partition coefficient (Wildman–Crippen LogP) is 4.04. The highest BCUT2D eigenvalue weighted by atomic mass is 16.5. The number of fused-ring (bicyclic) bond motifs is 1. The van der Waals surface area contributed by atoms with Gasteiger partial charge in [0.05, 0.1) is 13.2 Å². The third kappa shape index (κ3) is 2.73. The number of benzene rings is 2. The highest BCUT2D eigenvalue weighted by Crippen LogP contribution is 2.36. The normalized spacial score (nSPS) is 19.8. The van der Waals surface area contributed by atoms with Gasteiger partial charge in [-0.2, -0.15) is 0 Å². The Labute approximate surface area is 142 Å². The van der Waals surface area contributed by atoms with Gasteiger partial charge >= 0.3 is 0 Å². The van der Waals surface area contributed by atoms with Crippen molar-refractivity contribution in [2.75, 3.05) is 30.4 Å². The molecule has 2 aromatic carbocycles. The standard InChI is InChI=1S/C20H22N2O2/c1-24-16-6-4-5-14(11-16)19-13-20(23)17-12-15(7-8-18(17)21-19)22-9-2-3-10-22/h4-8,11-12,19,21H,2-3,9-10,13H2,1H3/t19-/m0/s1. The first kappa shape index (κ1) is 15.1. The molecule has 2 aliphatic rings. The van der Waals surface area contributed by atoms with Crippen LogP contribution in [-0.2, 0) is 0 Å². The van der Waals surface area contributed by atoms with Gasteiger partial charge in [0.1, 0.15) is 5.75 Å². The molecule has 0 amide bonds. The van der Waals surface area contributed by atoms with Crippen LogP contribution >= 0.6 is 0 Å². The maximum Gasteiger partial charge on any atom is 0.167 e. The maximum absolute atomic E-state index is 12.7. The summed E-state index contributed by atoms with van der Waals surface area (Å²) < 4.78 is 5.30. The fourth-order valence-electron chi connectivity index (χ4n) is 3.65. The Kier molecular flexibility index (Phi) is 3.89. The topological polar surface area (TPSA) is 41.6 Å². The molecule has 0 aliphatic carbocycles. The summed E-state index contributed by atoms with van der Waals surface area (Å²) in [6.45, 7) is 2.18. The van der Waals surface area contributed by atoms with E-state index in [9.17, 15) is 4.79 Å². The fourth-order valence-corrected chi connectivity index (χ4v) is 3.65. The lowest BCUT2D eigenvalue weighted by Gasteiger charge is -2.28. The summed E-state index contributed by atoms with van der Waals surface area (Å²) >= 11 is 0. The molecule has 124 valence electrons. The first-order chi connectivity index (χ1) is 11.7. The molecule has 4 heteroatoms. The van der Waals surface area contributed by atoms with E-state index >= 15 is 0 Å². The Morgan fingerprint density at radius 3 is 2.75 bits per heavy atom. The largest absolute Gasteiger partial charge is 0.497 e. The fraction of sp³-hybridized carbons (Fsp3) is 0.350. The first-order valence-electron chi connectivity index (χ1n) is 8.57. The van der Waals surface area contributed by atoms with Gasteiger partial charge in [-0.3, -0.25) is 4.79 Å². The molecule has 4 rings (SSSR count). The van der Waals surface area contributed by atoms with E-state index < -0.39 is 0 Å². The van der Waals surface area contributed by atoms with Gasteiger partial charge in [0.15, 0.2) is 5.78 Å². The van der Waals surface area contributed by atoms with Crippen molar-refractivity contribution >= 4 is 17.2 Å². The van der Waals surface area contributed by atoms with Gasteiger partial charge in [-0.25, -0.2) is 0 Å². The number of ketones is 1. The van der Waals surface area contributed by atoms with Crippen molar-refractivity contribution in [2.45, 2.75) is 25.3 Å². The quantitative estimate of drug-likeness (QED) is 0.926. The van der Waals surface area contributed by atoms with E-state index in [0.717, 1.165) is 35.7 Å². The Balaban J connectivity index is 1.61. The number of nitrogens with one attached hydrogen (secondary N) is 1. The van der Waals surface area contributed by atoms with Crippen LogP contribution in [0.4, 0.5) is 11.4 Å². The SMILES string of the molecule is COc1cccc([C@@H]2CC(=O)c3cc(N4CCCC4)ccc3N2)c1. The minimum absolute atomic E-state index is 0.00210. The van der Waals surface area contributed by atoms with Crippen LogP contribution in [-0.4, -0.2) is 26.0 Å². The number of carbonyl (C=O) groups is 1. The third-order valence-electron chi connectivity index (χ3n) is 4.99. The van der Waals surface area contributed by atoms with Crippen LogP contribution < -0.4 is 15.0 Å². The van der Waals surface area contributed by atoms with Crippen LogP contribution in [0.5, 0.6) is 5.75 Å². The van der Waals surface area contributed by atoms with Crippen molar-refractivity contribution in [3.8, 4) is 5.75 Å². The van der Waals surface area contributed by atoms with Gasteiger partial charge in [-0.15, -0.1) is 0 Å². The van der Waals surface area contributed by atoms with Gasteiger partial charge in [0.2, 0.25) is 0 Å². The zero-order valence-corrected chi connectivity index (χ0v) is 13.9.